The second-order valence-corrected chi connectivity index (χ2v) is 9.45. The molecule has 0 saturated heterocycles. The molecule has 2 aromatic heterocycles. The highest BCUT2D eigenvalue weighted by Gasteiger charge is 2.31. The van der Waals surface area contributed by atoms with Gasteiger partial charge in [-0.25, -0.2) is 19.2 Å². The van der Waals surface area contributed by atoms with Gasteiger partial charge in [0.1, 0.15) is 17.2 Å². The van der Waals surface area contributed by atoms with Crippen LogP contribution in [0.25, 0.3) is 16.7 Å². The Bertz CT molecular complexity index is 1580. The number of nitrogens with zero attached hydrogens (tertiary/aromatic N) is 4. The first-order valence-electron chi connectivity index (χ1n) is 11.8. The third kappa shape index (κ3) is 4.30. The topological polar surface area (TPSA) is 89.7 Å². The highest BCUT2D eigenvalue weighted by atomic mass is 35.5. The van der Waals surface area contributed by atoms with Crippen LogP contribution in [0.1, 0.15) is 40.2 Å². The zero-order valence-electron chi connectivity index (χ0n) is 19.8. The third-order valence-electron chi connectivity index (χ3n) is 6.69. The number of carboxylic acid groups (broad SMARTS) is 1. The number of aryl methyl sites for hydroxylation is 1. The molecule has 4 heterocycles. The number of fused-ring (bicyclic) bond motifs is 2. The summed E-state index contributed by atoms with van der Waals surface area (Å²) in [7, 11) is 1.85. The number of ether oxygens (including phenoxy) is 2. The molecular formula is C27H22ClFN4O4. The van der Waals surface area contributed by atoms with Crippen molar-refractivity contribution in [1.29, 1.82) is 0 Å². The minimum Gasteiger partial charge on any atom is -0.477 e. The molecule has 0 fully saturated rings. The molecule has 0 saturated carbocycles. The smallest absolute Gasteiger partial charge is 0.354 e. The predicted octanol–water partition coefficient (Wildman–Crippen LogP) is 5.22. The van der Waals surface area contributed by atoms with Crippen LogP contribution in [-0.2, 0) is 13.6 Å². The van der Waals surface area contributed by atoms with E-state index in [1.54, 1.807) is 18.2 Å². The van der Waals surface area contributed by atoms with Crippen molar-refractivity contribution in [3.63, 3.8) is 0 Å². The van der Waals surface area contributed by atoms with Gasteiger partial charge in [-0.15, -0.1) is 0 Å². The minimum absolute atomic E-state index is 0.00442. The number of carboxylic acids is 1. The van der Waals surface area contributed by atoms with E-state index in [0.29, 0.717) is 46.3 Å². The van der Waals surface area contributed by atoms with E-state index in [9.17, 15) is 14.3 Å². The highest BCUT2D eigenvalue weighted by molar-refractivity contribution is 6.30. The van der Waals surface area contributed by atoms with Crippen LogP contribution < -0.4 is 9.47 Å². The number of hydrogen-bond donors (Lipinski definition) is 1. The summed E-state index contributed by atoms with van der Waals surface area (Å²) in [6.07, 6.45) is 2.06. The van der Waals surface area contributed by atoms with Gasteiger partial charge in [0.15, 0.2) is 22.8 Å². The van der Waals surface area contributed by atoms with E-state index in [2.05, 4.69) is 20.9 Å². The number of carbonyl (C=O) groups is 1. The standard InChI is InChI=1S/C27H22ClFN4O4/c1-32-23(30-20-7-8-21(26(34)35)31-25(20)32)14-33-11-9-15(10-12-33)17-3-2-4-22-24(17)37-27(36-22)18-6-5-16(28)13-19(18)29/h2-9,13,27H,10-12,14H2,1H3,(H,34,35). The molecule has 10 heteroatoms. The number of halogens is 2. The van der Waals surface area contributed by atoms with Crippen molar-refractivity contribution in [2.45, 2.75) is 19.3 Å². The summed E-state index contributed by atoms with van der Waals surface area (Å²) in [4.78, 5) is 22.4. The fourth-order valence-electron chi connectivity index (χ4n) is 4.72. The second kappa shape index (κ2) is 9.17. The maximum atomic E-state index is 14.5. The zero-order chi connectivity index (χ0) is 25.7. The van der Waals surface area contributed by atoms with Crippen LogP contribution in [0.4, 0.5) is 4.39 Å². The molecule has 0 spiro atoms. The number of aromatic carboxylic acids is 1. The Hall–Kier alpha value is -3.95. The van der Waals surface area contributed by atoms with Gasteiger partial charge in [-0.3, -0.25) is 4.90 Å². The second-order valence-electron chi connectivity index (χ2n) is 9.01. The quantitative estimate of drug-likeness (QED) is 0.386. The Morgan fingerprint density at radius 3 is 2.81 bits per heavy atom. The van der Waals surface area contributed by atoms with Crippen LogP contribution in [0.5, 0.6) is 11.5 Å². The van der Waals surface area contributed by atoms with Crippen LogP contribution in [0.2, 0.25) is 5.02 Å². The van der Waals surface area contributed by atoms with E-state index in [4.69, 9.17) is 21.1 Å². The number of para-hydroxylation sites is 1. The van der Waals surface area contributed by atoms with E-state index in [1.165, 1.54) is 12.1 Å². The molecule has 2 aromatic carbocycles. The highest BCUT2D eigenvalue weighted by Crippen LogP contribution is 2.46. The summed E-state index contributed by atoms with van der Waals surface area (Å²) >= 11 is 5.89. The Labute approximate surface area is 216 Å². The van der Waals surface area contributed by atoms with Gasteiger partial charge in [0.05, 0.1) is 12.1 Å². The van der Waals surface area contributed by atoms with Gasteiger partial charge in [-0.1, -0.05) is 29.8 Å². The van der Waals surface area contributed by atoms with Crippen molar-refractivity contribution in [1.82, 2.24) is 19.4 Å². The van der Waals surface area contributed by atoms with Gasteiger partial charge < -0.3 is 19.1 Å². The molecule has 8 nitrogen and oxygen atoms in total. The Balaban J connectivity index is 1.19. The average molecular weight is 521 g/mol. The molecule has 6 rings (SSSR count). The normalized spacial score (nSPS) is 17.3. The molecule has 37 heavy (non-hydrogen) atoms. The lowest BCUT2D eigenvalue weighted by Crippen LogP contribution is -2.29. The molecule has 2 aliphatic heterocycles. The average Bonchev–Trinajstić information content (AvgIpc) is 3.45. The summed E-state index contributed by atoms with van der Waals surface area (Å²) in [5.41, 5.74) is 3.57. The fourth-order valence-corrected chi connectivity index (χ4v) is 4.88. The summed E-state index contributed by atoms with van der Waals surface area (Å²) in [6.45, 7) is 2.10. The fraction of sp³-hybridized carbons (Fsp3) is 0.222. The summed E-state index contributed by atoms with van der Waals surface area (Å²) in [6, 6.07) is 13.3. The van der Waals surface area contributed by atoms with Gasteiger partial charge in [-0.05, 0) is 48.4 Å². The number of pyridine rings is 1. The molecule has 4 aromatic rings. The molecule has 0 aliphatic carbocycles. The number of hydrogen-bond acceptors (Lipinski definition) is 6. The SMILES string of the molecule is Cn1c(CN2CC=C(c3cccc4c3OC(c3ccc(Cl)cc3F)O4)CC2)nc2ccc(C(=O)O)nc21. The van der Waals surface area contributed by atoms with Crippen molar-refractivity contribution >= 4 is 34.3 Å². The molecule has 1 N–H and O–H groups in total. The lowest BCUT2D eigenvalue weighted by molar-refractivity contribution is 0.0452. The van der Waals surface area contributed by atoms with E-state index >= 15 is 0 Å². The van der Waals surface area contributed by atoms with Crippen molar-refractivity contribution in [2.24, 2.45) is 7.05 Å². The molecule has 0 bridgehead atoms. The summed E-state index contributed by atoms with van der Waals surface area (Å²) in [5, 5.41) is 9.54. The van der Waals surface area contributed by atoms with Crippen molar-refractivity contribution in [2.75, 3.05) is 13.1 Å². The van der Waals surface area contributed by atoms with Gasteiger partial charge in [0.2, 0.25) is 0 Å². The Kier molecular flexibility index (Phi) is 5.81. The van der Waals surface area contributed by atoms with E-state index < -0.39 is 18.1 Å². The van der Waals surface area contributed by atoms with Crippen LogP contribution >= 0.6 is 11.6 Å². The van der Waals surface area contributed by atoms with E-state index in [-0.39, 0.29) is 5.69 Å². The number of rotatable bonds is 5. The summed E-state index contributed by atoms with van der Waals surface area (Å²) in [5.74, 6) is 0.456. The molecule has 1 atom stereocenters. The van der Waals surface area contributed by atoms with E-state index in [0.717, 1.165) is 29.9 Å². The van der Waals surface area contributed by atoms with Crippen LogP contribution in [0.15, 0.2) is 54.6 Å². The zero-order valence-corrected chi connectivity index (χ0v) is 20.6. The maximum absolute atomic E-state index is 14.5. The number of aromatic nitrogens is 3. The van der Waals surface area contributed by atoms with Crippen LogP contribution in [0, 0.1) is 5.82 Å². The molecule has 2 aliphatic rings. The molecule has 0 radical (unpaired) electrons. The number of benzene rings is 2. The lowest BCUT2D eigenvalue weighted by atomic mass is 9.98. The van der Waals surface area contributed by atoms with Gasteiger partial charge in [0, 0.05) is 30.7 Å². The van der Waals surface area contributed by atoms with Gasteiger partial charge in [-0.2, -0.15) is 0 Å². The monoisotopic (exact) mass is 520 g/mol. The first kappa shape index (κ1) is 23.4. The van der Waals surface area contributed by atoms with Gasteiger partial charge in [0.25, 0.3) is 6.29 Å². The van der Waals surface area contributed by atoms with Crippen molar-refractivity contribution < 1.29 is 23.8 Å². The predicted molar refractivity (Wildman–Crippen MR) is 135 cm³/mol. The first-order valence-corrected chi connectivity index (χ1v) is 12.1. The van der Waals surface area contributed by atoms with Crippen LogP contribution in [-0.4, -0.2) is 43.6 Å². The Morgan fingerprint density at radius 2 is 2.05 bits per heavy atom. The lowest BCUT2D eigenvalue weighted by Gasteiger charge is -2.26. The summed E-state index contributed by atoms with van der Waals surface area (Å²) < 4.78 is 28.3. The molecular weight excluding hydrogens is 499 g/mol. The third-order valence-corrected chi connectivity index (χ3v) is 6.92. The minimum atomic E-state index is -1.07. The van der Waals surface area contributed by atoms with Crippen molar-refractivity contribution in [3.05, 3.63) is 88.1 Å². The first-order chi connectivity index (χ1) is 17.9. The van der Waals surface area contributed by atoms with Gasteiger partial charge >= 0.3 is 5.97 Å². The molecule has 0 amide bonds. The number of imidazole rings is 1. The molecule has 188 valence electrons. The van der Waals surface area contributed by atoms with Crippen molar-refractivity contribution in [3.8, 4) is 11.5 Å². The molecule has 1 unspecified atom stereocenters. The Morgan fingerprint density at radius 1 is 1.19 bits per heavy atom. The van der Waals surface area contributed by atoms with E-state index in [1.807, 2.05) is 29.8 Å². The largest absolute Gasteiger partial charge is 0.477 e. The maximum Gasteiger partial charge on any atom is 0.354 e. The van der Waals surface area contributed by atoms with Crippen LogP contribution in [0.3, 0.4) is 0 Å².